The number of methoxy groups -OCH3 is 1. The predicted octanol–water partition coefficient (Wildman–Crippen LogP) is 1.69. The van der Waals surface area contributed by atoms with Gasteiger partial charge < -0.3 is 47.4 Å². The smallest absolute Gasteiger partial charge is 0.337 e. The topological polar surface area (TPSA) is 212 Å². The van der Waals surface area contributed by atoms with E-state index in [9.17, 15) is 33.6 Å². The Morgan fingerprint density at radius 1 is 0.843 bits per heavy atom. The lowest BCUT2D eigenvalue weighted by atomic mass is 9.77. The van der Waals surface area contributed by atoms with Crippen LogP contribution in [0, 0.1) is 11.8 Å². The fraction of sp³-hybridized carbons (Fsp3) is 0.500. The van der Waals surface area contributed by atoms with E-state index in [-0.39, 0.29) is 12.0 Å². The Hall–Kier alpha value is -5.29. The molecular formula is C34H38O17. The van der Waals surface area contributed by atoms with Gasteiger partial charge in [-0.1, -0.05) is 12.1 Å². The van der Waals surface area contributed by atoms with Gasteiger partial charge in [-0.05, 0) is 30.7 Å². The minimum absolute atomic E-state index is 0.0674. The summed E-state index contributed by atoms with van der Waals surface area (Å²) in [6.45, 7) is 5.50. The molecule has 0 radical (unpaired) electrons. The van der Waals surface area contributed by atoms with E-state index >= 15 is 0 Å². The van der Waals surface area contributed by atoms with E-state index in [4.69, 9.17) is 47.4 Å². The third-order valence-corrected chi connectivity index (χ3v) is 7.88. The third-order valence-electron chi connectivity index (χ3n) is 7.88. The minimum atomic E-state index is -1.62. The number of carbonyl (C=O) groups excluding carboxylic acids is 7. The van der Waals surface area contributed by atoms with E-state index < -0.39 is 103 Å². The van der Waals surface area contributed by atoms with Crippen LogP contribution >= 0.6 is 0 Å². The Balaban J connectivity index is 1.61. The predicted molar refractivity (Wildman–Crippen MR) is 166 cm³/mol. The molecule has 2 saturated heterocycles. The fourth-order valence-corrected chi connectivity index (χ4v) is 5.88. The van der Waals surface area contributed by atoms with Crippen LogP contribution in [-0.2, 0) is 76.2 Å². The molecule has 3 aliphatic heterocycles. The zero-order valence-electron chi connectivity index (χ0n) is 28.6. The van der Waals surface area contributed by atoms with Crippen molar-refractivity contribution in [3.05, 3.63) is 47.7 Å². The zero-order valence-corrected chi connectivity index (χ0v) is 28.6. The summed E-state index contributed by atoms with van der Waals surface area (Å²) < 4.78 is 55.2. The number of fused-ring (bicyclic) bond motifs is 1. The first-order valence-corrected chi connectivity index (χ1v) is 15.8. The highest BCUT2D eigenvalue weighted by atomic mass is 16.8. The largest absolute Gasteiger partial charge is 0.471 e. The first kappa shape index (κ1) is 38.5. The molecule has 0 amide bonds. The highest BCUT2D eigenvalue weighted by Crippen LogP contribution is 2.42. The number of esters is 7. The molecule has 3 unspecified atom stereocenters. The van der Waals surface area contributed by atoms with E-state index in [0.29, 0.717) is 11.3 Å². The average molecular weight is 719 g/mol. The number of benzene rings is 1. The van der Waals surface area contributed by atoms with Crippen molar-refractivity contribution in [2.24, 2.45) is 11.8 Å². The van der Waals surface area contributed by atoms with Crippen molar-refractivity contribution in [3.8, 4) is 5.75 Å². The van der Waals surface area contributed by atoms with Crippen LogP contribution in [0.5, 0.6) is 5.75 Å². The molecule has 17 nitrogen and oxygen atoms in total. The first-order valence-electron chi connectivity index (χ1n) is 15.8. The van der Waals surface area contributed by atoms with E-state index in [1.807, 2.05) is 0 Å². The maximum atomic E-state index is 12.8. The number of rotatable bonds is 11. The molecule has 1 aromatic rings. The summed E-state index contributed by atoms with van der Waals surface area (Å²) in [5.41, 5.74) is 0.637. The van der Waals surface area contributed by atoms with E-state index in [1.54, 1.807) is 19.1 Å². The van der Waals surface area contributed by atoms with E-state index in [0.717, 1.165) is 33.1 Å². The Morgan fingerprint density at radius 3 is 2.08 bits per heavy atom. The maximum Gasteiger partial charge on any atom is 0.337 e. The van der Waals surface area contributed by atoms with Gasteiger partial charge in [0.25, 0.3) is 0 Å². The zero-order chi connectivity index (χ0) is 37.4. The van der Waals surface area contributed by atoms with Crippen LogP contribution in [0.1, 0.15) is 46.6 Å². The van der Waals surface area contributed by atoms with Crippen LogP contribution in [-0.4, -0.2) is 98.6 Å². The number of carbonyl (C=O) groups is 7. The first-order chi connectivity index (χ1) is 24.2. The van der Waals surface area contributed by atoms with Gasteiger partial charge in [-0.15, -0.1) is 0 Å². The monoisotopic (exact) mass is 718 g/mol. The third kappa shape index (κ3) is 10.1. The highest BCUT2D eigenvalue weighted by molar-refractivity contribution is 5.90. The van der Waals surface area contributed by atoms with Crippen molar-refractivity contribution in [1.82, 2.24) is 0 Å². The molecule has 4 rings (SSSR count). The number of ether oxygens (including phenoxy) is 10. The second kappa shape index (κ2) is 17.1. The van der Waals surface area contributed by atoms with Crippen molar-refractivity contribution in [3.63, 3.8) is 0 Å². The summed E-state index contributed by atoms with van der Waals surface area (Å²) in [6, 6.07) is 6.25. The van der Waals surface area contributed by atoms with Crippen molar-refractivity contribution >= 4 is 47.9 Å². The molecule has 0 saturated carbocycles. The fourth-order valence-electron chi connectivity index (χ4n) is 5.88. The lowest BCUT2D eigenvalue weighted by molar-refractivity contribution is -0.348. The molecule has 0 spiro atoms. The molecule has 0 aromatic heterocycles. The van der Waals surface area contributed by atoms with Crippen molar-refractivity contribution in [2.75, 3.05) is 13.7 Å². The summed E-state index contributed by atoms with van der Waals surface area (Å²) in [6.07, 6.45) is -6.27. The summed E-state index contributed by atoms with van der Waals surface area (Å²) in [5.74, 6) is -6.40. The summed E-state index contributed by atoms with van der Waals surface area (Å²) in [7, 11) is 1.17. The van der Waals surface area contributed by atoms with Gasteiger partial charge in [-0.2, -0.15) is 0 Å². The molecular weight excluding hydrogens is 680 g/mol. The minimum Gasteiger partial charge on any atom is -0.471 e. The average Bonchev–Trinajstić information content (AvgIpc) is 3.04. The quantitative estimate of drug-likeness (QED) is 0.138. The van der Waals surface area contributed by atoms with Gasteiger partial charge in [-0.3, -0.25) is 24.0 Å². The summed E-state index contributed by atoms with van der Waals surface area (Å²) in [5, 5.41) is 0. The van der Waals surface area contributed by atoms with Crippen molar-refractivity contribution in [2.45, 2.75) is 84.1 Å². The van der Waals surface area contributed by atoms with Crippen LogP contribution < -0.4 is 4.74 Å². The van der Waals surface area contributed by atoms with Crippen LogP contribution in [0.4, 0.5) is 0 Å². The molecule has 0 bridgehead atoms. The van der Waals surface area contributed by atoms with Crippen LogP contribution in [0.3, 0.4) is 0 Å². The summed E-state index contributed by atoms with van der Waals surface area (Å²) in [4.78, 5) is 85.6. The lowest BCUT2D eigenvalue weighted by Crippen LogP contribution is -2.64. The normalized spacial score (nSPS) is 28.5. The molecule has 9 atom stereocenters. The van der Waals surface area contributed by atoms with Gasteiger partial charge in [0.05, 0.1) is 31.3 Å². The lowest BCUT2D eigenvalue weighted by Gasteiger charge is -2.47. The van der Waals surface area contributed by atoms with Gasteiger partial charge in [0, 0.05) is 39.7 Å². The molecule has 1 aromatic carbocycles. The number of hydrogen-bond acceptors (Lipinski definition) is 17. The van der Waals surface area contributed by atoms with Gasteiger partial charge in [-0.25, -0.2) is 9.59 Å². The highest BCUT2D eigenvalue weighted by Gasteiger charge is 2.56. The van der Waals surface area contributed by atoms with Gasteiger partial charge >= 0.3 is 41.8 Å². The Kier molecular flexibility index (Phi) is 12.9. The van der Waals surface area contributed by atoms with Crippen molar-refractivity contribution < 1.29 is 80.9 Å². The molecule has 17 heteroatoms. The molecule has 276 valence electrons. The standard InChI is InChI=1S/C34H38O17/c1-16-28-23(13-27(40)45-16)24(32(41)42-6)14-44-33(28)51-34-31(49-20(5)38)30(48-19(4)37)29(47-18(3)36)25(50-34)15-43-26(39)12-9-21-7-10-22(11-8-21)46-17(2)35/h7-12,14,16,23,25,28-31,33-34H,13,15H2,1-6H3/b12-9-/t16?,23?,25-,28?,29+,30+,31-,33+,34+/m1/s1. The molecule has 0 N–H and O–H groups in total. The van der Waals surface area contributed by atoms with E-state index in [1.165, 1.54) is 32.2 Å². The van der Waals surface area contributed by atoms with Crippen LogP contribution in [0.25, 0.3) is 6.08 Å². The number of hydrogen-bond donors (Lipinski definition) is 0. The maximum absolute atomic E-state index is 12.8. The Morgan fingerprint density at radius 2 is 1.47 bits per heavy atom. The van der Waals surface area contributed by atoms with Crippen LogP contribution in [0.15, 0.2) is 42.2 Å². The second-order valence-electron chi connectivity index (χ2n) is 11.7. The van der Waals surface area contributed by atoms with Gasteiger partial charge in [0.2, 0.25) is 12.6 Å². The SMILES string of the molecule is COC(=O)C1=CO[C@@H](O[C@@H]2O[C@H](COC(=O)/C=C\c3ccc(OC(C)=O)cc3)[C@H](OC(C)=O)[C@H](OC(C)=O)[C@H]2OC(C)=O)C2C(C)OC(=O)CC12. The second-order valence-corrected chi connectivity index (χ2v) is 11.7. The molecule has 3 heterocycles. The van der Waals surface area contributed by atoms with Crippen molar-refractivity contribution in [1.29, 1.82) is 0 Å². The van der Waals surface area contributed by atoms with Gasteiger partial charge in [0.1, 0.15) is 24.6 Å². The molecule has 51 heavy (non-hydrogen) atoms. The Bertz CT molecular complexity index is 1560. The molecule has 2 fully saturated rings. The van der Waals surface area contributed by atoms with E-state index in [2.05, 4.69) is 0 Å². The Labute approximate surface area is 292 Å². The van der Waals surface area contributed by atoms with Gasteiger partial charge in [0.15, 0.2) is 18.3 Å². The number of cyclic esters (lactones) is 1. The molecule has 3 aliphatic rings. The summed E-state index contributed by atoms with van der Waals surface area (Å²) >= 11 is 0. The van der Waals surface area contributed by atoms with Crippen LogP contribution in [0.2, 0.25) is 0 Å². The molecule has 0 aliphatic carbocycles.